The van der Waals surface area contributed by atoms with E-state index in [0.29, 0.717) is 4.88 Å². The van der Waals surface area contributed by atoms with Crippen molar-refractivity contribution in [3.63, 3.8) is 0 Å². The first kappa shape index (κ1) is 14.4. The Morgan fingerprint density at radius 3 is 1.94 bits per heavy atom. The number of halogens is 3. The van der Waals surface area contributed by atoms with Gasteiger partial charge in [0, 0.05) is 4.88 Å². The molecule has 0 bridgehead atoms. The zero-order valence-electron chi connectivity index (χ0n) is 8.04. The van der Waals surface area contributed by atoms with Crippen molar-refractivity contribution in [1.29, 1.82) is 0 Å². The van der Waals surface area contributed by atoms with Gasteiger partial charge in [-0.3, -0.25) is 4.79 Å². The van der Waals surface area contributed by atoms with Gasteiger partial charge in [-0.2, -0.15) is 13.2 Å². The van der Waals surface area contributed by atoms with Crippen molar-refractivity contribution in [2.24, 2.45) is 5.73 Å². The van der Waals surface area contributed by atoms with Crippen LogP contribution in [0.4, 0.5) is 13.2 Å². The van der Waals surface area contributed by atoms with E-state index in [1.807, 2.05) is 13.0 Å². The molecule has 0 radical (unpaired) electrons. The molecule has 8 heteroatoms. The van der Waals surface area contributed by atoms with E-state index in [0.717, 1.165) is 4.88 Å². The highest BCUT2D eigenvalue weighted by molar-refractivity contribution is 7.13. The van der Waals surface area contributed by atoms with Gasteiger partial charge >= 0.3 is 12.1 Å². The van der Waals surface area contributed by atoms with Crippen LogP contribution in [0.1, 0.15) is 14.5 Å². The summed E-state index contributed by atoms with van der Waals surface area (Å²) in [6.07, 6.45) is -5.08. The second-order valence-corrected chi connectivity index (χ2v) is 3.87. The molecule has 1 aromatic heterocycles. The fourth-order valence-electron chi connectivity index (χ4n) is 0.567. The summed E-state index contributed by atoms with van der Waals surface area (Å²) in [6, 6.07) is 3.62. The maximum absolute atomic E-state index is 10.6. The molecule has 0 spiro atoms. The molecule has 0 aromatic carbocycles. The van der Waals surface area contributed by atoms with Crippen molar-refractivity contribution in [3.8, 4) is 0 Å². The van der Waals surface area contributed by atoms with Crippen LogP contribution < -0.4 is 5.73 Å². The summed E-state index contributed by atoms with van der Waals surface area (Å²) in [6.45, 7) is 1.94. The minimum atomic E-state index is -5.08. The number of aryl methyl sites for hydroxylation is 1. The van der Waals surface area contributed by atoms with Gasteiger partial charge in [0.25, 0.3) is 5.91 Å². The first-order valence-electron chi connectivity index (χ1n) is 3.81. The zero-order valence-corrected chi connectivity index (χ0v) is 8.85. The molecule has 1 amide bonds. The van der Waals surface area contributed by atoms with Crippen LogP contribution in [-0.2, 0) is 4.79 Å². The monoisotopic (exact) mass is 255 g/mol. The minimum Gasteiger partial charge on any atom is -0.475 e. The van der Waals surface area contributed by atoms with Crippen molar-refractivity contribution >= 4 is 23.2 Å². The molecule has 4 nitrogen and oxygen atoms in total. The van der Waals surface area contributed by atoms with E-state index in [1.54, 1.807) is 6.07 Å². The third kappa shape index (κ3) is 5.35. The number of primary amides is 1. The number of carbonyl (C=O) groups is 2. The van der Waals surface area contributed by atoms with E-state index in [-0.39, 0.29) is 5.91 Å². The lowest BCUT2D eigenvalue weighted by atomic mass is 10.4. The molecule has 0 atom stereocenters. The number of hydrogen-bond donors (Lipinski definition) is 2. The Kier molecular flexibility index (Phi) is 4.96. The van der Waals surface area contributed by atoms with Crippen molar-refractivity contribution in [3.05, 3.63) is 21.9 Å². The molecule has 90 valence electrons. The molecule has 0 saturated heterocycles. The number of nitrogens with two attached hydrogens (primary N) is 1. The topological polar surface area (TPSA) is 80.4 Å². The molecule has 0 aliphatic rings. The van der Waals surface area contributed by atoms with E-state index in [4.69, 9.17) is 15.6 Å². The van der Waals surface area contributed by atoms with Gasteiger partial charge in [0.2, 0.25) is 0 Å². The quantitative estimate of drug-likeness (QED) is 0.802. The van der Waals surface area contributed by atoms with Gasteiger partial charge < -0.3 is 10.8 Å². The standard InChI is InChI=1S/C6H7NOS.C2HF3O2/c1-4-2-3-5(9-4)6(7)8;3-2(4,5)1(6)7/h2-3H,1H3,(H2,7,8);(H,6,7). The van der Waals surface area contributed by atoms with E-state index in [1.165, 1.54) is 11.3 Å². The van der Waals surface area contributed by atoms with E-state index in [9.17, 15) is 18.0 Å². The Morgan fingerprint density at radius 1 is 1.38 bits per heavy atom. The molecule has 0 aliphatic carbocycles. The number of alkyl halides is 3. The Labute approximate surface area is 92.5 Å². The Balaban J connectivity index is 0.000000293. The van der Waals surface area contributed by atoms with Gasteiger partial charge in [0.05, 0.1) is 4.88 Å². The summed E-state index contributed by atoms with van der Waals surface area (Å²) >= 11 is 1.42. The van der Waals surface area contributed by atoms with Crippen LogP contribution in [0.25, 0.3) is 0 Å². The summed E-state index contributed by atoms with van der Waals surface area (Å²) in [5.74, 6) is -3.10. The van der Waals surface area contributed by atoms with Crippen LogP contribution in [0.2, 0.25) is 0 Å². The van der Waals surface area contributed by atoms with Gasteiger partial charge in [0.15, 0.2) is 0 Å². The number of thiophene rings is 1. The lowest BCUT2D eigenvalue weighted by Crippen LogP contribution is -2.21. The highest BCUT2D eigenvalue weighted by Crippen LogP contribution is 2.13. The average Bonchev–Trinajstić information content (AvgIpc) is 2.51. The molecule has 3 N–H and O–H groups in total. The van der Waals surface area contributed by atoms with Crippen molar-refractivity contribution in [1.82, 2.24) is 0 Å². The summed E-state index contributed by atoms with van der Waals surface area (Å²) in [7, 11) is 0. The summed E-state index contributed by atoms with van der Waals surface area (Å²) in [5, 5.41) is 7.12. The number of amides is 1. The number of aliphatic carboxylic acids is 1. The Morgan fingerprint density at radius 2 is 1.81 bits per heavy atom. The zero-order chi connectivity index (χ0) is 12.9. The SMILES string of the molecule is Cc1ccc(C(N)=O)s1.O=C(O)C(F)(F)F. The number of rotatable bonds is 1. The molecule has 0 saturated carbocycles. The van der Waals surface area contributed by atoms with Gasteiger partial charge in [0.1, 0.15) is 0 Å². The number of carbonyl (C=O) groups excluding carboxylic acids is 1. The first-order valence-corrected chi connectivity index (χ1v) is 4.62. The largest absolute Gasteiger partial charge is 0.490 e. The Bertz CT molecular complexity index is 386. The molecule has 1 aromatic rings. The van der Waals surface area contributed by atoms with Crippen molar-refractivity contribution in [2.45, 2.75) is 13.1 Å². The third-order valence-electron chi connectivity index (χ3n) is 1.23. The Hall–Kier alpha value is -1.57. The molecule has 1 heterocycles. The summed E-state index contributed by atoms with van der Waals surface area (Å²) in [5.41, 5.74) is 5.00. The first-order chi connectivity index (χ1) is 7.14. The van der Waals surface area contributed by atoms with Crippen LogP contribution in [0.15, 0.2) is 12.1 Å². The maximum Gasteiger partial charge on any atom is 0.490 e. The highest BCUT2D eigenvalue weighted by atomic mass is 32.1. The average molecular weight is 255 g/mol. The maximum atomic E-state index is 10.6. The fraction of sp³-hybridized carbons (Fsp3) is 0.250. The smallest absolute Gasteiger partial charge is 0.475 e. The van der Waals surface area contributed by atoms with Crippen LogP contribution in [0.5, 0.6) is 0 Å². The molecular weight excluding hydrogens is 247 g/mol. The molecular formula is C8H8F3NO3S. The molecule has 0 aliphatic heterocycles. The fourth-order valence-corrected chi connectivity index (χ4v) is 1.29. The van der Waals surface area contributed by atoms with Crippen molar-refractivity contribution < 1.29 is 27.9 Å². The van der Waals surface area contributed by atoms with Gasteiger partial charge in [-0.15, -0.1) is 11.3 Å². The number of carboxylic acids is 1. The second kappa shape index (κ2) is 5.50. The van der Waals surface area contributed by atoms with E-state index < -0.39 is 12.1 Å². The van der Waals surface area contributed by atoms with Crippen LogP contribution in [0, 0.1) is 6.92 Å². The number of hydrogen-bond acceptors (Lipinski definition) is 3. The van der Waals surface area contributed by atoms with Crippen LogP contribution >= 0.6 is 11.3 Å². The van der Waals surface area contributed by atoms with E-state index in [2.05, 4.69) is 0 Å². The van der Waals surface area contributed by atoms with E-state index >= 15 is 0 Å². The van der Waals surface area contributed by atoms with Gasteiger partial charge in [-0.25, -0.2) is 4.79 Å². The molecule has 0 unspecified atom stereocenters. The van der Waals surface area contributed by atoms with Crippen LogP contribution in [-0.4, -0.2) is 23.2 Å². The summed E-state index contributed by atoms with van der Waals surface area (Å²) in [4.78, 5) is 21.1. The lowest BCUT2D eigenvalue weighted by molar-refractivity contribution is -0.192. The predicted molar refractivity (Wildman–Crippen MR) is 51.3 cm³/mol. The molecule has 0 fully saturated rings. The molecule has 16 heavy (non-hydrogen) atoms. The normalized spacial score (nSPS) is 10.2. The minimum absolute atomic E-state index is 0.340. The summed E-state index contributed by atoms with van der Waals surface area (Å²) < 4.78 is 31.7. The highest BCUT2D eigenvalue weighted by Gasteiger charge is 2.38. The van der Waals surface area contributed by atoms with Crippen molar-refractivity contribution in [2.75, 3.05) is 0 Å². The third-order valence-corrected chi connectivity index (χ3v) is 2.24. The predicted octanol–water partition coefficient (Wildman–Crippen LogP) is 1.79. The van der Waals surface area contributed by atoms with Crippen LogP contribution in [0.3, 0.4) is 0 Å². The molecule has 1 rings (SSSR count). The second-order valence-electron chi connectivity index (χ2n) is 2.58. The van der Waals surface area contributed by atoms with Gasteiger partial charge in [-0.05, 0) is 19.1 Å². The lowest BCUT2D eigenvalue weighted by Gasteiger charge is -1.93. The van der Waals surface area contributed by atoms with Gasteiger partial charge in [-0.1, -0.05) is 0 Å². The number of carboxylic acid groups (broad SMARTS) is 1.